The van der Waals surface area contributed by atoms with Crippen LogP contribution in [0.3, 0.4) is 0 Å². The van der Waals surface area contributed by atoms with E-state index in [4.69, 9.17) is 14.5 Å². The zero-order valence-corrected chi connectivity index (χ0v) is 16.0. The number of amides is 1. The zero-order chi connectivity index (χ0) is 19.7. The standard InChI is InChI=1S/C20H24N4O4/c1-12-9-15-18(16(11-25)22-20(15)26)23-19(12)24-7-5-13(6-8-24)28-14-3-4-17(27-2)21-10-14/h3-4,9-10,13,16,25H,5-8,11H2,1-2H3,(H,22,26)/t16-/m1/s1. The second-order valence-electron chi connectivity index (χ2n) is 7.11. The van der Waals surface area contributed by atoms with Crippen LogP contribution in [0.15, 0.2) is 24.4 Å². The Morgan fingerprint density at radius 2 is 2.11 bits per heavy atom. The van der Waals surface area contributed by atoms with Gasteiger partial charge in [-0.05, 0) is 24.6 Å². The molecule has 8 heteroatoms. The van der Waals surface area contributed by atoms with E-state index in [0.717, 1.165) is 43.1 Å². The van der Waals surface area contributed by atoms with Gasteiger partial charge in [-0.1, -0.05) is 0 Å². The molecule has 2 aliphatic rings. The van der Waals surface area contributed by atoms with Crippen molar-refractivity contribution in [1.82, 2.24) is 15.3 Å². The Morgan fingerprint density at radius 3 is 2.75 bits per heavy atom. The van der Waals surface area contributed by atoms with E-state index in [9.17, 15) is 9.90 Å². The van der Waals surface area contributed by atoms with Crippen molar-refractivity contribution in [2.45, 2.75) is 31.9 Å². The number of aliphatic hydroxyl groups is 1. The van der Waals surface area contributed by atoms with Gasteiger partial charge in [0.1, 0.15) is 17.7 Å². The molecule has 2 aromatic rings. The molecule has 1 atom stereocenters. The van der Waals surface area contributed by atoms with Crippen LogP contribution < -0.4 is 19.7 Å². The normalized spacial score (nSPS) is 19.3. The molecule has 148 valence electrons. The molecule has 0 saturated carbocycles. The van der Waals surface area contributed by atoms with Gasteiger partial charge in [0, 0.05) is 32.0 Å². The van der Waals surface area contributed by atoms with Crippen molar-refractivity contribution in [3.05, 3.63) is 41.2 Å². The maximum absolute atomic E-state index is 12.0. The zero-order valence-electron chi connectivity index (χ0n) is 16.0. The first-order valence-electron chi connectivity index (χ1n) is 9.44. The lowest BCUT2D eigenvalue weighted by molar-refractivity contribution is 0.0942. The molecule has 0 spiro atoms. The van der Waals surface area contributed by atoms with Crippen molar-refractivity contribution in [3.8, 4) is 11.6 Å². The van der Waals surface area contributed by atoms with Crippen LogP contribution in [-0.4, -0.2) is 53.9 Å². The SMILES string of the molecule is COc1ccc(OC2CCN(c3nc4c(cc3C)C(=O)N[C@@H]4CO)CC2)cn1. The highest BCUT2D eigenvalue weighted by molar-refractivity contribution is 5.99. The highest BCUT2D eigenvalue weighted by Crippen LogP contribution is 2.30. The van der Waals surface area contributed by atoms with Crippen molar-refractivity contribution >= 4 is 11.7 Å². The van der Waals surface area contributed by atoms with Gasteiger partial charge >= 0.3 is 0 Å². The number of anilines is 1. The minimum absolute atomic E-state index is 0.120. The number of aliphatic hydroxyl groups excluding tert-OH is 1. The van der Waals surface area contributed by atoms with Crippen molar-refractivity contribution < 1.29 is 19.4 Å². The summed E-state index contributed by atoms with van der Waals surface area (Å²) in [6.45, 7) is 3.44. The van der Waals surface area contributed by atoms with Gasteiger partial charge in [0.15, 0.2) is 0 Å². The number of ether oxygens (including phenoxy) is 2. The second-order valence-corrected chi connectivity index (χ2v) is 7.11. The molecule has 8 nitrogen and oxygen atoms in total. The average Bonchev–Trinajstić information content (AvgIpc) is 3.03. The molecule has 0 unspecified atom stereocenters. The van der Waals surface area contributed by atoms with E-state index >= 15 is 0 Å². The van der Waals surface area contributed by atoms with Gasteiger partial charge in [0.2, 0.25) is 5.88 Å². The van der Waals surface area contributed by atoms with E-state index in [0.29, 0.717) is 17.1 Å². The molecule has 0 aromatic carbocycles. The first kappa shape index (κ1) is 18.5. The molecular weight excluding hydrogens is 360 g/mol. The third kappa shape index (κ3) is 3.47. The summed E-state index contributed by atoms with van der Waals surface area (Å²) in [5, 5.41) is 12.3. The quantitative estimate of drug-likeness (QED) is 0.808. The summed E-state index contributed by atoms with van der Waals surface area (Å²) in [5.41, 5.74) is 2.16. The molecular formula is C20H24N4O4. The summed E-state index contributed by atoms with van der Waals surface area (Å²) in [6.07, 6.45) is 3.53. The molecule has 4 heterocycles. The maximum atomic E-state index is 12.0. The van der Waals surface area contributed by atoms with Gasteiger partial charge in [0.25, 0.3) is 5.91 Å². The number of hydrogen-bond acceptors (Lipinski definition) is 7. The predicted octanol–water partition coefficient (Wildman–Crippen LogP) is 1.62. The molecule has 0 radical (unpaired) electrons. The third-order valence-corrected chi connectivity index (χ3v) is 5.24. The number of pyridine rings is 2. The van der Waals surface area contributed by atoms with Gasteiger partial charge < -0.3 is 24.8 Å². The van der Waals surface area contributed by atoms with Crippen molar-refractivity contribution in [3.63, 3.8) is 0 Å². The summed E-state index contributed by atoms with van der Waals surface area (Å²) >= 11 is 0. The number of nitrogens with one attached hydrogen (secondary N) is 1. The number of piperidine rings is 1. The van der Waals surface area contributed by atoms with Crippen LogP contribution in [0.5, 0.6) is 11.6 Å². The van der Waals surface area contributed by atoms with Crippen LogP contribution in [0.2, 0.25) is 0 Å². The van der Waals surface area contributed by atoms with Crippen LogP contribution in [-0.2, 0) is 0 Å². The number of carbonyl (C=O) groups is 1. The second kappa shape index (κ2) is 7.63. The van der Waals surface area contributed by atoms with E-state index in [1.165, 1.54) is 0 Å². The summed E-state index contributed by atoms with van der Waals surface area (Å²) in [7, 11) is 1.59. The smallest absolute Gasteiger partial charge is 0.253 e. The fraction of sp³-hybridized carbons (Fsp3) is 0.450. The Morgan fingerprint density at radius 1 is 1.32 bits per heavy atom. The van der Waals surface area contributed by atoms with E-state index in [1.54, 1.807) is 19.4 Å². The molecule has 1 fully saturated rings. The average molecular weight is 384 g/mol. The molecule has 2 N–H and O–H groups in total. The Labute approximate surface area is 163 Å². The lowest BCUT2D eigenvalue weighted by Crippen LogP contribution is -2.39. The number of fused-ring (bicyclic) bond motifs is 1. The lowest BCUT2D eigenvalue weighted by Gasteiger charge is -2.34. The summed E-state index contributed by atoms with van der Waals surface area (Å²) in [4.78, 5) is 23.1. The van der Waals surface area contributed by atoms with Gasteiger partial charge in [-0.25, -0.2) is 9.97 Å². The van der Waals surface area contributed by atoms with Crippen molar-refractivity contribution in [2.75, 3.05) is 31.7 Å². The largest absolute Gasteiger partial charge is 0.489 e. The van der Waals surface area contributed by atoms with Crippen LogP contribution in [0.1, 0.15) is 40.5 Å². The Hall–Kier alpha value is -2.87. The Bertz CT molecular complexity index is 863. The van der Waals surface area contributed by atoms with E-state index in [1.807, 2.05) is 19.1 Å². The van der Waals surface area contributed by atoms with Gasteiger partial charge in [0.05, 0.1) is 37.2 Å². The lowest BCUT2D eigenvalue weighted by atomic mass is 10.1. The van der Waals surface area contributed by atoms with Crippen LogP contribution in [0.25, 0.3) is 0 Å². The number of aryl methyl sites for hydroxylation is 1. The maximum Gasteiger partial charge on any atom is 0.253 e. The monoisotopic (exact) mass is 384 g/mol. The summed E-state index contributed by atoms with van der Waals surface area (Å²) in [6, 6.07) is 5.10. The summed E-state index contributed by atoms with van der Waals surface area (Å²) in [5.74, 6) is 2.01. The molecule has 28 heavy (non-hydrogen) atoms. The molecule has 2 aromatic heterocycles. The van der Waals surface area contributed by atoms with Gasteiger partial charge in [-0.3, -0.25) is 4.79 Å². The number of nitrogens with zero attached hydrogens (tertiary/aromatic N) is 3. The van der Waals surface area contributed by atoms with Gasteiger partial charge in [-0.15, -0.1) is 0 Å². The predicted molar refractivity (Wildman–Crippen MR) is 103 cm³/mol. The molecule has 4 rings (SSSR count). The topological polar surface area (TPSA) is 96.8 Å². The molecule has 0 aliphatic carbocycles. The van der Waals surface area contributed by atoms with Crippen LogP contribution in [0.4, 0.5) is 5.82 Å². The van der Waals surface area contributed by atoms with Crippen LogP contribution in [0, 0.1) is 6.92 Å². The molecule has 2 aliphatic heterocycles. The molecule has 1 saturated heterocycles. The number of hydrogen-bond donors (Lipinski definition) is 2. The van der Waals surface area contributed by atoms with E-state index < -0.39 is 6.04 Å². The fourth-order valence-corrected chi connectivity index (χ4v) is 3.76. The highest BCUT2D eigenvalue weighted by atomic mass is 16.5. The van der Waals surface area contributed by atoms with E-state index in [2.05, 4.69) is 15.2 Å². The first-order valence-corrected chi connectivity index (χ1v) is 9.44. The number of methoxy groups -OCH3 is 1. The fourth-order valence-electron chi connectivity index (χ4n) is 3.76. The number of rotatable bonds is 5. The van der Waals surface area contributed by atoms with Crippen molar-refractivity contribution in [2.24, 2.45) is 0 Å². The Kier molecular flexibility index (Phi) is 5.04. The van der Waals surface area contributed by atoms with Crippen LogP contribution >= 0.6 is 0 Å². The van der Waals surface area contributed by atoms with Gasteiger partial charge in [-0.2, -0.15) is 0 Å². The minimum Gasteiger partial charge on any atom is -0.489 e. The molecule has 1 amide bonds. The molecule has 0 bridgehead atoms. The third-order valence-electron chi connectivity index (χ3n) is 5.24. The minimum atomic E-state index is -0.426. The summed E-state index contributed by atoms with van der Waals surface area (Å²) < 4.78 is 11.1. The number of aromatic nitrogens is 2. The van der Waals surface area contributed by atoms with Crippen molar-refractivity contribution in [1.29, 1.82) is 0 Å². The Balaban J connectivity index is 1.43. The highest BCUT2D eigenvalue weighted by Gasteiger charge is 2.32. The first-order chi connectivity index (χ1) is 13.6. The van der Waals surface area contributed by atoms with E-state index in [-0.39, 0.29) is 18.6 Å². The number of carbonyl (C=O) groups excluding carboxylic acids is 1.